The van der Waals surface area contributed by atoms with Crippen molar-refractivity contribution in [2.75, 3.05) is 6.54 Å². The first-order valence-corrected chi connectivity index (χ1v) is 8.88. The Kier molecular flexibility index (Phi) is 5.02. The molecule has 1 aromatic carbocycles. The Morgan fingerprint density at radius 1 is 1.32 bits per heavy atom. The van der Waals surface area contributed by atoms with Crippen LogP contribution >= 0.6 is 0 Å². The molecule has 3 rings (SSSR count). The number of hydrogen-bond donors (Lipinski definition) is 1. The molecule has 1 aromatic heterocycles. The minimum Gasteiger partial charge on any atom is -0.336 e. The minimum atomic E-state index is -0.130. The second-order valence-corrected chi connectivity index (χ2v) is 6.87. The lowest BCUT2D eigenvalue weighted by Gasteiger charge is -2.25. The zero-order valence-electron chi connectivity index (χ0n) is 15.1. The van der Waals surface area contributed by atoms with Crippen LogP contribution in [0.2, 0.25) is 0 Å². The van der Waals surface area contributed by atoms with Gasteiger partial charge in [0, 0.05) is 24.2 Å². The molecule has 1 atom stereocenters. The number of nitrogens with one attached hydrogen (secondary N) is 1. The fourth-order valence-corrected chi connectivity index (χ4v) is 3.71. The van der Waals surface area contributed by atoms with Crippen LogP contribution in [-0.4, -0.2) is 27.3 Å². The molecule has 1 N–H and O–H groups in total. The molecule has 0 aliphatic carbocycles. The summed E-state index contributed by atoms with van der Waals surface area (Å²) >= 11 is 0. The van der Waals surface area contributed by atoms with Gasteiger partial charge in [0.05, 0.1) is 6.04 Å². The van der Waals surface area contributed by atoms with Crippen molar-refractivity contribution in [2.45, 2.75) is 52.5 Å². The first-order chi connectivity index (χ1) is 12.0. The summed E-state index contributed by atoms with van der Waals surface area (Å²) in [5.41, 5.74) is 3.62. The second kappa shape index (κ2) is 7.21. The Labute approximate surface area is 148 Å². The van der Waals surface area contributed by atoms with E-state index in [1.807, 2.05) is 17.9 Å². The lowest BCUT2D eigenvalue weighted by atomic mass is 10.0. The molecular formula is C20H25N3O2. The van der Waals surface area contributed by atoms with Crippen LogP contribution in [-0.2, 0) is 11.2 Å². The number of benzene rings is 1. The Morgan fingerprint density at radius 2 is 2.12 bits per heavy atom. The van der Waals surface area contributed by atoms with Crippen LogP contribution in [0.3, 0.4) is 0 Å². The lowest BCUT2D eigenvalue weighted by Crippen LogP contribution is -2.31. The van der Waals surface area contributed by atoms with E-state index >= 15 is 0 Å². The fourth-order valence-electron chi connectivity index (χ4n) is 3.71. The van der Waals surface area contributed by atoms with Gasteiger partial charge in [-0.1, -0.05) is 29.8 Å². The molecular weight excluding hydrogens is 314 g/mol. The number of carbonyl (C=O) groups excluding carboxylic acids is 1. The van der Waals surface area contributed by atoms with Crippen molar-refractivity contribution in [3.63, 3.8) is 0 Å². The van der Waals surface area contributed by atoms with Gasteiger partial charge in [-0.3, -0.25) is 9.59 Å². The predicted octanol–water partition coefficient (Wildman–Crippen LogP) is 2.99. The van der Waals surface area contributed by atoms with E-state index in [4.69, 9.17) is 0 Å². The lowest BCUT2D eigenvalue weighted by molar-refractivity contribution is -0.132. The summed E-state index contributed by atoms with van der Waals surface area (Å²) < 4.78 is 0. The van der Waals surface area contributed by atoms with E-state index in [2.05, 4.69) is 35.1 Å². The van der Waals surface area contributed by atoms with Gasteiger partial charge >= 0.3 is 0 Å². The number of amides is 1. The highest BCUT2D eigenvalue weighted by Crippen LogP contribution is 2.32. The van der Waals surface area contributed by atoms with Gasteiger partial charge in [0.1, 0.15) is 5.82 Å². The number of likely N-dealkylation sites (tertiary alicyclic amines) is 1. The molecule has 0 spiro atoms. The molecule has 1 saturated heterocycles. The Bertz CT molecular complexity index is 841. The maximum atomic E-state index is 12.8. The van der Waals surface area contributed by atoms with Crippen LogP contribution in [0.25, 0.3) is 0 Å². The fraction of sp³-hybridized carbons (Fsp3) is 0.450. The average Bonchev–Trinajstić information content (AvgIpc) is 3.03. The quantitative estimate of drug-likeness (QED) is 0.931. The number of aryl methyl sites for hydroxylation is 3. The van der Waals surface area contributed by atoms with Gasteiger partial charge in [-0.2, -0.15) is 0 Å². The van der Waals surface area contributed by atoms with Crippen molar-refractivity contribution in [3.05, 3.63) is 62.8 Å². The molecule has 5 nitrogen and oxygen atoms in total. The van der Waals surface area contributed by atoms with Crippen molar-refractivity contribution in [2.24, 2.45) is 0 Å². The highest BCUT2D eigenvalue weighted by atomic mass is 16.2. The molecule has 5 heteroatoms. The van der Waals surface area contributed by atoms with E-state index in [-0.39, 0.29) is 17.5 Å². The largest absolute Gasteiger partial charge is 0.336 e. The Hall–Kier alpha value is -2.43. The van der Waals surface area contributed by atoms with Crippen molar-refractivity contribution in [3.8, 4) is 0 Å². The summed E-state index contributed by atoms with van der Waals surface area (Å²) in [6, 6.07) is 8.54. The number of rotatable bonds is 4. The van der Waals surface area contributed by atoms with E-state index in [0.29, 0.717) is 29.9 Å². The zero-order chi connectivity index (χ0) is 18.0. The summed E-state index contributed by atoms with van der Waals surface area (Å²) in [4.78, 5) is 33.9. The van der Waals surface area contributed by atoms with Gasteiger partial charge in [0.2, 0.25) is 5.91 Å². The number of nitrogens with zero attached hydrogens (tertiary/aromatic N) is 2. The number of carbonyl (C=O) groups is 1. The monoisotopic (exact) mass is 339 g/mol. The maximum Gasteiger partial charge on any atom is 0.254 e. The molecule has 2 heterocycles. The first-order valence-electron chi connectivity index (χ1n) is 8.88. The van der Waals surface area contributed by atoms with Gasteiger partial charge in [-0.25, -0.2) is 4.98 Å². The minimum absolute atomic E-state index is 0.114. The van der Waals surface area contributed by atoms with E-state index in [1.54, 1.807) is 6.92 Å². The summed E-state index contributed by atoms with van der Waals surface area (Å²) in [5, 5.41) is 0. The van der Waals surface area contributed by atoms with Crippen molar-refractivity contribution in [1.29, 1.82) is 0 Å². The molecule has 25 heavy (non-hydrogen) atoms. The van der Waals surface area contributed by atoms with E-state index < -0.39 is 0 Å². The SMILES string of the molecule is Cc1cccc(C2CCCN2C(=O)CCc2c(C)nc(C)[nH]c2=O)c1. The van der Waals surface area contributed by atoms with Crippen LogP contribution in [0.4, 0.5) is 0 Å². The molecule has 2 aromatic rings. The van der Waals surface area contributed by atoms with Crippen LogP contribution in [0.1, 0.15) is 53.5 Å². The standard InChI is InChI=1S/C20H25N3O2/c1-13-6-4-7-16(12-13)18-8-5-11-23(18)19(24)10-9-17-14(2)21-15(3)22-20(17)25/h4,6-7,12,18H,5,8-11H2,1-3H3,(H,21,22,25). The third-order valence-electron chi connectivity index (χ3n) is 4.93. The van der Waals surface area contributed by atoms with Gasteiger partial charge < -0.3 is 9.88 Å². The highest BCUT2D eigenvalue weighted by molar-refractivity contribution is 5.77. The smallest absolute Gasteiger partial charge is 0.254 e. The molecule has 0 radical (unpaired) electrons. The molecule has 1 fully saturated rings. The third-order valence-corrected chi connectivity index (χ3v) is 4.93. The van der Waals surface area contributed by atoms with Gasteiger partial charge in [0.15, 0.2) is 0 Å². The molecule has 0 bridgehead atoms. The van der Waals surface area contributed by atoms with Crippen molar-refractivity contribution < 1.29 is 4.79 Å². The summed E-state index contributed by atoms with van der Waals surface area (Å²) in [6.45, 7) is 6.45. The van der Waals surface area contributed by atoms with Crippen LogP contribution < -0.4 is 5.56 Å². The number of aromatic nitrogens is 2. The zero-order valence-corrected chi connectivity index (χ0v) is 15.1. The van der Waals surface area contributed by atoms with Gasteiger partial charge in [-0.15, -0.1) is 0 Å². The topological polar surface area (TPSA) is 66.1 Å². The van der Waals surface area contributed by atoms with E-state index in [1.165, 1.54) is 11.1 Å². The number of hydrogen-bond acceptors (Lipinski definition) is 3. The van der Waals surface area contributed by atoms with Gasteiger partial charge in [-0.05, 0) is 45.6 Å². The Balaban J connectivity index is 1.72. The Morgan fingerprint density at radius 3 is 2.84 bits per heavy atom. The van der Waals surface area contributed by atoms with Crippen LogP contribution in [0.15, 0.2) is 29.1 Å². The predicted molar refractivity (Wildman–Crippen MR) is 97.5 cm³/mol. The number of aromatic amines is 1. The van der Waals surface area contributed by atoms with Crippen molar-refractivity contribution >= 4 is 5.91 Å². The van der Waals surface area contributed by atoms with Crippen LogP contribution in [0, 0.1) is 20.8 Å². The molecule has 1 amide bonds. The maximum absolute atomic E-state index is 12.8. The molecule has 1 unspecified atom stereocenters. The van der Waals surface area contributed by atoms with Crippen LogP contribution in [0.5, 0.6) is 0 Å². The molecule has 0 saturated carbocycles. The number of H-pyrrole nitrogens is 1. The van der Waals surface area contributed by atoms with E-state index in [0.717, 1.165) is 19.4 Å². The molecule has 1 aliphatic heterocycles. The third kappa shape index (κ3) is 3.81. The first kappa shape index (κ1) is 17.4. The normalized spacial score (nSPS) is 17.1. The molecule has 1 aliphatic rings. The average molecular weight is 339 g/mol. The van der Waals surface area contributed by atoms with E-state index in [9.17, 15) is 9.59 Å². The highest BCUT2D eigenvalue weighted by Gasteiger charge is 2.29. The summed E-state index contributed by atoms with van der Waals surface area (Å²) in [5.74, 6) is 0.722. The van der Waals surface area contributed by atoms with Gasteiger partial charge in [0.25, 0.3) is 5.56 Å². The summed E-state index contributed by atoms with van der Waals surface area (Å²) in [6.07, 6.45) is 2.80. The second-order valence-electron chi connectivity index (χ2n) is 6.87. The van der Waals surface area contributed by atoms with Crippen molar-refractivity contribution in [1.82, 2.24) is 14.9 Å². The molecule has 132 valence electrons. The summed E-state index contributed by atoms with van der Waals surface area (Å²) in [7, 11) is 0.